The van der Waals surface area contributed by atoms with Gasteiger partial charge < -0.3 is 4.90 Å². The van der Waals surface area contributed by atoms with Crippen LogP contribution in [0.15, 0.2) is 42.0 Å². The van der Waals surface area contributed by atoms with Crippen molar-refractivity contribution in [2.45, 2.75) is 26.3 Å². The summed E-state index contributed by atoms with van der Waals surface area (Å²) in [5, 5.41) is 2.48. The van der Waals surface area contributed by atoms with E-state index >= 15 is 4.39 Å². The topological polar surface area (TPSA) is 69.7 Å². The zero-order valence-corrected chi connectivity index (χ0v) is 19.8. The molecule has 2 heterocycles. The van der Waals surface area contributed by atoms with Gasteiger partial charge in [0, 0.05) is 23.9 Å². The van der Waals surface area contributed by atoms with Crippen molar-refractivity contribution in [1.82, 2.24) is 5.32 Å². The quantitative estimate of drug-likeness (QED) is 0.452. The largest absolute Gasteiger partial charge is 0.365 e. The van der Waals surface area contributed by atoms with Crippen molar-refractivity contribution < 1.29 is 18.8 Å². The van der Waals surface area contributed by atoms with Crippen molar-refractivity contribution in [1.29, 1.82) is 0 Å². The third-order valence-electron chi connectivity index (χ3n) is 5.90. The van der Waals surface area contributed by atoms with Crippen LogP contribution in [-0.4, -0.2) is 30.4 Å². The Morgan fingerprint density at radius 2 is 1.76 bits per heavy atom. The highest BCUT2D eigenvalue weighted by atomic mass is 35.5. The molecule has 9 heteroatoms. The van der Waals surface area contributed by atoms with Crippen molar-refractivity contribution in [3.05, 3.63) is 69.0 Å². The Balaban J connectivity index is 1.79. The van der Waals surface area contributed by atoms with Crippen LogP contribution in [0.25, 0.3) is 11.6 Å². The summed E-state index contributed by atoms with van der Waals surface area (Å²) >= 11 is 11.9. The molecule has 170 valence electrons. The van der Waals surface area contributed by atoms with E-state index in [1.807, 2.05) is 32.7 Å². The van der Waals surface area contributed by atoms with E-state index in [0.29, 0.717) is 5.69 Å². The maximum absolute atomic E-state index is 15.1. The molecule has 0 unspecified atom stereocenters. The van der Waals surface area contributed by atoms with E-state index < -0.39 is 23.7 Å². The number of carbonyl (C=O) groups is 3. The van der Waals surface area contributed by atoms with Crippen LogP contribution in [0.5, 0.6) is 0 Å². The number of benzene rings is 2. The number of nitrogens with one attached hydrogen (secondary N) is 1. The van der Waals surface area contributed by atoms with E-state index in [4.69, 9.17) is 23.2 Å². The number of hydrogen-bond acceptors (Lipinski definition) is 4. The fourth-order valence-electron chi connectivity index (χ4n) is 3.97. The lowest BCUT2D eigenvalue weighted by molar-refractivity contribution is -0.122. The van der Waals surface area contributed by atoms with Gasteiger partial charge >= 0.3 is 6.03 Å². The number of amides is 4. The van der Waals surface area contributed by atoms with Crippen LogP contribution < -0.4 is 15.1 Å². The first-order valence-corrected chi connectivity index (χ1v) is 10.8. The molecule has 33 heavy (non-hydrogen) atoms. The van der Waals surface area contributed by atoms with Crippen molar-refractivity contribution in [2.75, 3.05) is 16.8 Å². The van der Waals surface area contributed by atoms with Crippen LogP contribution in [-0.2, 0) is 9.59 Å². The number of anilines is 2. The minimum absolute atomic E-state index is 0.0524. The Bertz CT molecular complexity index is 1300. The van der Waals surface area contributed by atoms with Gasteiger partial charge in [-0.15, -0.1) is 0 Å². The average Bonchev–Trinajstić information content (AvgIpc) is 2.72. The summed E-state index contributed by atoms with van der Waals surface area (Å²) in [5.41, 5.74) is 1.92. The van der Waals surface area contributed by atoms with E-state index in [-0.39, 0.29) is 32.4 Å². The third-order valence-corrected chi connectivity index (χ3v) is 6.64. The normalized spacial score (nSPS) is 18.9. The van der Waals surface area contributed by atoms with Crippen LogP contribution in [0, 0.1) is 5.82 Å². The average molecular weight is 488 g/mol. The van der Waals surface area contributed by atoms with Gasteiger partial charge in [0.15, 0.2) is 0 Å². The van der Waals surface area contributed by atoms with E-state index in [2.05, 4.69) is 11.4 Å². The summed E-state index contributed by atoms with van der Waals surface area (Å²) in [6.45, 7) is 5.96. The van der Waals surface area contributed by atoms with E-state index in [9.17, 15) is 14.4 Å². The number of halogens is 3. The molecule has 1 saturated heterocycles. The van der Waals surface area contributed by atoms with Crippen LogP contribution in [0.1, 0.15) is 31.9 Å². The van der Waals surface area contributed by atoms with Crippen molar-refractivity contribution >= 4 is 64.1 Å². The first kappa shape index (κ1) is 23.0. The van der Waals surface area contributed by atoms with Crippen molar-refractivity contribution in [3.8, 4) is 0 Å². The number of carbonyl (C=O) groups excluding carboxylic acids is 3. The monoisotopic (exact) mass is 487 g/mol. The first-order chi connectivity index (χ1) is 15.4. The molecule has 0 radical (unpaired) electrons. The molecule has 2 aliphatic rings. The Hall–Kier alpha value is -3.16. The second-order valence-corrected chi connectivity index (χ2v) is 9.30. The maximum atomic E-state index is 15.1. The number of imide groups is 2. The van der Waals surface area contributed by atoms with Gasteiger partial charge in [0.25, 0.3) is 11.8 Å². The predicted octanol–water partition coefficient (Wildman–Crippen LogP) is 5.43. The lowest BCUT2D eigenvalue weighted by Gasteiger charge is -2.40. The number of urea groups is 1. The van der Waals surface area contributed by atoms with E-state index in [1.54, 1.807) is 6.07 Å². The van der Waals surface area contributed by atoms with Crippen LogP contribution in [0.4, 0.5) is 20.6 Å². The van der Waals surface area contributed by atoms with Crippen LogP contribution >= 0.6 is 23.2 Å². The maximum Gasteiger partial charge on any atom is 0.335 e. The highest BCUT2D eigenvalue weighted by molar-refractivity contribution is 6.43. The van der Waals surface area contributed by atoms with Gasteiger partial charge in [0.05, 0.1) is 21.3 Å². The number of hydrogen-bond donors (Lipinski definition) is 1. The molecule has 0 aliphatic carbocycles. The van der Waals surface area contributed by atoms with E-state index in [1.165, 1.54) is 24.3 Å². The van der Waals surface area contributed by atoms with Crippen LogP contribution in [0.3, 0.4) is 0 Å². The fraction of sp³-hybridized carbons (Fsp3) is 0.208. The van der Waals surface area contributed by atoms with Gasteiger partial charge in [0.1, 0.15) is 11.4 Å². The van der Waals surface area contributed by atoms with E-state index in [0.717, 1.165) is 22.1 Å². The molecule has 1 N–H and O–H groups in total. The lowest BCUT2D eigenvalue weighted by Crippen LogP contribution is -2.54. The molecular formula is C24H20Cl2FN3O3. The molecule has 0 saturated carbocycles. The summed E-state index contributed by atoms with van der Waals surface area (Å²) in [5.74, 6) is -2.41. The van der Waals surface area contributed by atoms with Gasteiger partial charge in [-0.2, -0.15) is 0 Å². The van der Waals surface area contributed by atoms with Gasteiger partial charge in [-0.1, -0.05) is 29.3 Å². The zero-order valence-electron chi connectivity index (χ0n) is 18.3. The Labute approximate surface area is 200 Å². The SMILES string of the molecule is CC1=CC(C)(C)N(C)c2cc(F)c(/C=C3/C(=O)NC(=O)N(c4ccc(Cl)c(Cl)c4)C3=O)cc21. The molecule has 0 atom stereocenters. The molecule has 1 fully saturated rings. The lowest BCUT2D eigenvalue weighted by atomic mass is 9.88. The summed E-state index contributed by atoms with van der Waals surface area (Å²) in [4.78, 5) is 40.7. The first-order valence-electron chi connectivity index (χ1n) is 10.0. The third kappa shape index (κ3) is 3.92. The second-order valence-electron chi connectivity index (χ2n) is 8.49. The molecule has 0 bridgehead atoms. The molecule has 4 amide bonds. The van der Waals surface area contributed by atoms with Crippen molar-refractivity contribution in [2.24, 2.45) is 0 Å². The molecule has 2 aromatic carbocycles. The standard InChI is InChI=1S/C24H20Cl2FN3O3/c1-12-11-24(2,3)29(4)20-10-19(27)13(7-15(12)20)8-16-21(31)28-23(33)30(22(16)32)14-5-6-17(25)18(26)9-14/h5-11H,1-4H3,(H,28,31,33)/b16-8-. The highest BCUT2D eigenvalue weighted by Gasteiger charge is 2.37. The Morgan fingerprint density at radius 3 is 2.42 bits per heavy atom. The molecule has 2 aromatic rings. The molecule has 6 nitrogen and oxygen atoms in total. The molecule has 2 aliphatic heterocycles. The molecule has 0 spiro atoms. The fourth-order valence-corrected chi connectivity index (χ4v) is 4.26. The molecular weight excluding hydrogens is 468 g/mol. The summed E-state index contributed by atoms with van der Waals surface area (Å²) in [6.07, 6.45) is 3.21. The smallest absolute Gasteiger partial charge is 0.335 e. The Morgan fingerprint density at radius 1 is 1.06 bits per heavy atom. The van der Waals surface area contributed by atoms with Gasteiger partial charge in [0.2, 0.25) is 0 Å². The highest BCUT2D eigenvalue weighted by Crippen LogP contribution is 2.39. The summed E-state index contributed by atoms with van der Waals surface area (Å²) in [7, 11) is 1.87. The number of barbiturate groups is 1. The van der Waals surface area contributed by atoms with Crippen molar-refractivity contribution in [3.63, 3.8) is 0 Å². The number of likely N-dealkylation sites (N-methyl/N-ethyl adjacent to an activating group) is 1. The summed E-state index contributed by atoms with van der Waals surface area (Å²) < 4.78 is 15.1. The minimum Gasteiger partial charge on any atom is -0.365 e. The number of nitrogens with zero attached hydrogens (tertiary/aromatic N) is 2. The predicted molar refractivity (Wildman–Crippen MR) is 128 cm³/mol. The number of rotatable bonds is 2. The van der Waals surface area contributed by atoms with Gasteiger partial charge in [-0.25, -0.2) is 14.1 Å². The second kappa shape index (κ2) is 8.01. The molecule has 0 aromatic heterocycles. The van der Waals surface area contributed by atoms with Gasteiger partial charge in [-0.05, 0) is 62.8 Å². The zero-order chi connectivity index (χ0) is 24.2. The minimum atomic E-state index is -0.936. The Kier molecular flexibility index (Phi) is 5.58. The van der Waals surface area contributed by atoms with Crippen LogP contribution in [0.2, 0.25) is 10.0 Å². The number of allylic oxidation sites excluding steroid dienone is 1. The number of fused-ring (bicyclic) bond motifs is 1. The summed E-state index contributed by atoms with van der Waals surface area (Å²) in [6, 6.07) is 6.22. The molecule has 4 rings (SSSR count). The van der Waals surface area contributed by atoms with Gasteiger partial charge in [-0.3, -0.25) is 14.9 Å².